The minimum Gasteiger partial charge on any atom is -0.444 e. The Morgan fingerprint density at radius 3 is 2.52 bits per heavy atom. The molecule has 2 N–H and O–H groups in total. The molecule has 1 saturated carbocycles. The molecular weight excluding hydrogens is 400 g/mol. The van der Waals surface area contributed by atoms with Crippen LogP contribution >= 0.6 is 0 Å². The number of ether oxygens (including phenoxy) is 2. The van der Waals surface area contributed by atoms with E-state index in [0.29, 0.717) is 42.8 Å². The van der Waals surface area contributed by atoms with E-state index in [-0.39, 0.29) is 23.7 Å². The number of rotatable bonds is 4. The summed E-state index contributed by atoms with van der Waals surface area (Å²) >= 11 is 0. The van der Waals surface area contributed by atoms with Crippen molar-refractivity contribution in [3.63, 3.8) is 0 Å². The Labute approximate surface area is 181 Å². The normalized spacial score (nSPS) is 19.5. The molecule has 0 spiro atoms. The molecule has 2 fully saturated rings. The summed E-state index contributed by atoms with van der Waals surface area (Å²) in [6.45, 7) is 8.47. The average molecular weight is 433 g/mol. The number of nitrogens with zero attached hydrogens (tertiary/aromatic N) is 3. The highest BCUT2D eigenvalue weighted by molar-refractivity contribution is 5.68. The second-order valence-corrected chi connectivity index (χ2v) is 9.60. The predicted octanol–water partition coefficient (Wildman–Crippen LogP) is 3.01. The first-order valence-electron chi connectivity index (χ1n) is 11.1. The molecule has 1 saturated heterocycles. The first-order chi connectivity index (χ1) is 14.6. The standard InChI is InChI=1S/C22H32N4O5/c1-13-18(20(28)30-15-6-5-7-15)19-23-17(27)12-16(26(19)24-13)14-8-10-25(11-9-14)21(29)31-22(2,3)4/h12,14-15,20,28H,5-11H2,1-4H3,(H,23,27). The number of piperidine rings is 1. The number of hydrogen-bond donors (Lipinski definition) is 2. The van der Waals surface area contributed by atoms with Gasteiger partial charge in [0.25, 0.3) is 5.56 Å². The number of aryl methyl sites for hydroxylation is 1. The zero-order valence-electron chi connectivity index (χ0n) is 18.7. The highest BCUT2D eigenvalue weighted by Gasteiger charge is 2.31. The van der Waals surface area contributed by atoms with Crippen molar-refractivity contribution in [3.8, 4) is 0 Å². The molecule has 0 bridgehead atoms. The highest BCUT2D eigenvalue weighted by Crippen LogP contribution is 2.33. The van der Waals surface area contributed by atoms with E-state index in [1.165, 1.54) is 0 Å². The number of amides is 1. The first-order valence-corrected chi connectivity index (χ1v) is 11.1. The molecule has 1 aliphatic carbocycles. The van der Waals surface area contributed by atoms with E-state index in [1.54, 1.807) is 15.5 Å². The Morgan fingerprint density at radius 1 is 1.26 bits per heavy atom. The summed E-state index contributed by atoms with van der Waals surface area (Å²) in [5.74, 6) is 0.0698. The van der Waals surface area contributed by atoms with E-state index in [4.69, 9.17) is 9.47 Å². The third-order valence-corrected chi connectivity index (χ3v) is 6.06. The average Bonchev–Trinajstić information content (AvgIpc) is 2.98. The van der Waals surface area contributed by atoms with Crippen molar-refractivity contribution >= 4 is 11.7 Å². The number of aliphatic hydroxyl groups excluding tert-OH is 1. The number of nitrogens with one attached hydrogen (secondary N) is 1. The van der Waals surface area contributed by atoms with Crippen LogP contribution in [0.25, 0.3) is 5.65 Å². The Morgan fingerprint density at radius 2 is 1.94 bits per heavy atom. The molecule has 1 atom stereocenters. The van der Waals surface area contributed by atoms with E-state index in [2.05, 4.69) is 10.1 Å². The van der Waals surface area contributed by atoms with Crippen LogP contribution in [0.1, 0.15) is 82.0 Å². The van der Waals surface area contributed by atoms with Crippen LogP contribution in [0.4, 0.5) is 4.79 Å². The van der Waals surface area contributed by atoms with Gasteiger partial charge in [0, 0.05) is 25.1 Å². The zero-order chi connectivity index (χ0) is 22.3. The molecule has 1 aliphatic heterocycles. The predicted molar refractivity (Wildman–Crippen MR) is 114 cm³/mol. The third kappa shape index (κ3) is 4.62. The Kier molecular flexibility index (Phi) is 5.83. The van der Waals surface area contributed by atoms with Crippen LogP contribution < -0.4 is 5.56 Å². The molecule has 9 nitrogen and oxygen atoms in total. The lowest BCUT2D eigenvalue weighted by atomic mass is 9.93. The number of fused-ring (bicyclic) bond motifs is 1. The Bertz CT molecular complexity index is 1010. The quantitative estimate of drug-likeness (QED) is 0.719. The molecule has 0 radical (unpaired) electrons. The summed E-state index contributed by atoms with van der Waals surface area (Å²) in [6, 6.07) is 1.57. The van der Waals surface area contributed by atoms with E-state index in [0.717, 1.165) is 25.0 Å². The lowest BCUT2D eigenvalue weighted by Crippen LogP contribution is -2.41. The van der Waals surface area contributed by atoms with Gasteiger partial charge in [0.1, 0.15) is 11.2 Å². The first kappa shape index (κ1) is 21.8. The van der Waals surface area contributed by atoms with E-state index < -0.39 is 11.9 Å². The molecule has 2 aliphatic rings. The number of aromatic amines is 1. The van der Waals surface area contributed by atoms with Crippen molar-refractivity contribution in [2.24, 2.45) is 0 Å². The largest absolute Gasteiger partial charge is 0.444 e. The lowest BCUT2D eigenvalue weighted by molar-refractivity contribution is -0.159. The van der Waals surface area contributed by atoms with Gasteiger partial charge >= 0.3 is 6.09 Å². The summed E-state index contributed by atoms with van der Waals surface area (Å²) in [4.78, 5) is 29.3. The maximum Gasteiger partial charge on any atom is 0.410 e. The molecule has 9 heteroatoms. The van der Waals surface area contributed by atoms with Crippen molar-refractivity contribution in [2.45, 2.75) is 83.7 Å². The van der Waals surface area contributed by atoms with Gasteiger partial charge in [-0.3, -0.25) is 4.79 Å². The van der Waals surface area contributed by atoms with Gasteiger partial charge in [0.05, 0.1) is 23.1 Å². The summed E-state index contributed by atoms with van der Waals surface area (Å²) in [5, 5.41) is 15.3. The highest BCUT2D eigenvalue weighted by atomic mass is 16.6. The van der Waals surface area contributed by atoms with Gasteiger partial charge in [-0.2, -0.15) is 5.10 Å². The number of carbonyl (C=O) groups is 1. The molecule has 2 aromatic heterocycles. The maximum absolute atomic E-state index is 12.4. The van der Waals surface area contributed by atoms with Crippen molar-refractivity contribution in [2.75, 3.05) is 13.1 Å². The van der Waals surface area contributed by atoms with Crippen molar-refractivity contribution in [1.82, 2.24) is 19.5 Å². The molecule has 2 aromatic rings. The maximum atomic E-state index is 12.4. The number of likely N-dealkylation sites (tertiary alicyclic amines) is 1. The van der Waals surface area contributed by atoms with Crippen LogP contribution in [-0.4, -0.2) is 55.5 Å². The van der Waals surface area contributed by atoms with Crippen LogP contribution in [0.3, 0.4) is 0 Å². The SMILES string of the molecule is Cc1nn2c(C3CCN(C(=O)OC(C)(C)C)CC3)cc(=O)[nH]c2c1C(O)OC1CCC1. The van der Waals surface area contributed by atoms with Gasteiger partial charge in [0.15, 0.2) is 6.29 Å². The zero-order valence-corrected chi connectivity index (χ0v) is 18.7. The molecule has 0 aromatic carbocycles. The summed E-state index contributed by atoms with van der Waals surface area (Å²) < 4.78 is 12.9. The van der Waals surface area contributed by atoms with Crippen molar-refractivity contribution < 1.29 is 19.4 Å². The molecule has 170 valence electrons. The summed E-state index contributed by atoms with van der Waals surface area (Å²) in [5.41, 5.74) is 1.62. The topological polar surface area (TPSA) is 109 Å². The molecule has 1 unspecified atom stereocenters. The number of aromatic nitrogens is 3. The second-order valence-electron chi connectivity index (χ2n) is 9.60. The van der Waals surface area contributed by atoms with Crippen molar-refractivity contribution in [1.29, 1.82) is 0 Å². The smallest absolute Gasteiger partial charge is 0.410 e. The van der Waals surface area contributed by atoms with Gasteiger partial charge in [-0.15, -0.1) is 0 Å². The van der Waals surface area contributed by atoms with Crippen LogP contribution in [0.5, 0.6) is 0 Å². The minimum absolute atomic E-state index is 0.0523. The van der Waals surface area contributed by atoms with E-state index in [9.17, 15) is 14.7 Å². The van der Waals surface area contributed by atoms with Crippen LogP contribution in [0, 0.1) is 6.92 Å². The molecule has 1 amide bonds. The fourth-order valence-electron chi connectivity index (χ4n) is 4.22. The number of carbonyl (C=O) groups excluding carboxylic acids is 1. The summed E-state index contributed by atoms with van der Waals surface area (Å²) in [6.07, 6.45) is 3.00. The Balaban J connectivity index is 1.55. The number of hydrogen-bond acceptors (Lipinski definition) is 6. The molecule has 4 rings (SSSR count). The van der Waals surface area contributed by atoms with Crippen LogP contribution in [0.15, 0.2) is 10.9 Å². The Hall–Kier alpha value is -2.39. The summed E-state index contributed by atoms with van der Waals surface area (Å²) in [7, 11) is 0. The molecular formula is C22H32N4O5. The van der Waals surface area contributed by atoms with Gasteiger partial charge < -0.3 is 24.5 Å². The molecule has 31 heavy (non-hydrogen) atoms. The monoisotopic (exact) mass is 432 g/mol. The number of aliphatic hydroxyl groups is 1. The molecule has 3 heterocycles. The van der Waals surface area contributed by atoms with Gasteiger partial charge in [0.2, 0.25) is 0 Å². The fraction of sp³-hybridized carbons (Fsp3) is 0.682. The second kappa shape index (κ2) is 8.27. The van der Waals surface area contributed by atoms with Gasteiger partial charge in [-0.05, 0) is 59.8 Å². The lowest BCUT2D eigenvalue weighted by Gasteiger charge is -2.33. The third-order valence-electron chi connectivity index (χ3n) is 6.06. The van der Waals surface area contributed by atoms with Gasteiger partial charge in [-0.25, -0.2) is 9.31 Å². The number of H-pyrrole nitrogens is 1. The van der Waals surface area contributed by atoms with E-state index >= 15 is 0 Å². The minimum atomic E-state index is -1.12. The fourth-order valence-corrected chi connectivity index (χ4v) is 4.22. The van der Waals surface area contributed by atoms with Crippen LogP contribution in [-0.2, 0) is 9.47 Å². The van der Waals surface area contributed by atoms with E-state index in [1.807, 2.05) is 27.7 Å². The van der Waals surface area contributed by atoms with Crippen LogP contribution in [0.2, 0.25) is 0 Å². The van der Waals surface area contributed by atoms with Gasteiger partial charge in [-0.1, -0.05) is 0 Å². The van der Waals surface area contributed by atoms with Crippen molar-refractivity contribution in [3.05, 3.63) is 33.4 Å².